The van der Waals surface area contributed by atoms with Gasteiger partial charge in [-0.2, -0.15) is 5.10 Å². The van der Waals surface area contributed by atoms with Gasteiger partial charge in [0.15, 0.2) is 0 Å². The van der Waals surface area contributed by atoms with Crippen molar-refractivity contribution in [1.29, 1.82) is 0 Å². The van der Waals surface area contributed by atoms with E-state index in [9.17, 15) is 0 Å². The molecule has 1 aromatic carbocycles. The van der Waals surface area contributed by atoms with Crippen LogP contribution in [0.3, 0.4) is 0 Å². The number of fused-ring (bicyclic) bond motifs is 1. The van der Waals surface area contributed by atoms with Crippen molar-refractivity contribution in [2.45, 2.75) is 19.9 Å². The van der Waals surface area contributed by atoms with Crippen LogP contribution < -0.4 is 0 Å². The lowest BCUT2D eigenvalue weighted by Gasteiger charge is -2.00. The van der Waals surface area contributed by atoms with E-state index in [1.165, 1.54) is 14.8 Å². The molecule has 2 aromatic rings. The number of halogens is 1. The first-order valence-electron chi connectivity index (χ1n) is 5.56. The Labute approximate surface area is 109 Å². The molecule has 1 unspecified atom stereocenters. The van der Waals surface area contributed by atoms with Crippen molar-refractivity contribution in [2.24, 2.45) is 5.92 Å². The highest BCUT2D eigenvalue weighted by Gasteiger charge is 2.24. The zero-order valence-electron chi connectivity index (χ0n) is 9.15. The molecule has 3 heteroatoms. The Bertz CT molecular complexity index is 516. The highest BCUT2D eigenvalue weighted by Crippen LogP contribution is 2.32. The maximum absolute atomic E-state index is 4.72. The largest absolute Gasteiger partial charge is 0.268 e. The van der Waals surface area contributed by atoms with Crippen LogP contribution in [0.25, 0.3) is 11.3 Å². The van der Waals surface area contributed by atoms with Gasteiger partial charge in [-0.05, 0) is 34.9 Å². The first-order valence-corrected chi connectivity index (χ1v) is 6.64. The average molecular weight is 324 g/mol. The fourth-order valence-electron chi connectivity index (χ4n) is 2.29. The number of benzene rings is 1. The van der Waals surface area contributed by atoms with E-state index in [0.717, 1.165) is 24.6 Å². The van der Waals surface area contributed by atoms with Gasteiger partial charge in [0.1, 0.15) is 5.69 Å². The van der Waals surface area contributed by atoms with Gasteiger partial charge in [0, 0.05) is 12.1 Å². The van der Waals surface area contributed by atoms with E-state index in [4.69, 9.17) is 5.10 Å². The Hall–Kier alpha value is -0.840. The van der Waals surface area contributed by atoms with Gasteiger partial charge in [0.2, 0.25) is 0 Å². The highest BCUT2D eigenvalue weighted by molar-refractivity contribution is 14.1. The number of hydrogen-bond acceptors (Lipinski definition) is 1. The van der Waals surface area contributed by atoms with Crippen molar-refractivity contribution >= 4 is 22.6 Å². The van der Waals surface area contributed by atoms with Crippen LogP contribution in [0, 0.1) is 9.49 Å². The Morgan fingerprint density at radius 2 is 2.06 bits per heavy atom. The first-order chi connectivity index (χ1) is 7.75. The molecule has 0 saturated heterocycles. The van der Waals surface area contributed by atoms with Crippen LogP contribution in [0.2, 0.25) is 0 Å². The zero-order chi connectivity index (χ0) is 11.1. The fourth-order valence-corrected chi connectivity index (χ4v) is 3.21. The molecule has 0 radical (unpaired) electrons. The van der Waals surface area contributed by atoms with E-state index in [0.29, 0.717) is 0 Å². The van der Waals surface area contributed by atoms with Gasteiger partial charge < -0.3 is 0 Å². The molecule has 2 nitrogen and oxygen atoms in total. The Morgan fingerprint density at radius 3 is 2.75 bits per heavy atom. The summed E-state index contributed by atoms with van der Waals surface area (Å²) in [5.41, 5.74) is 3.77. The van der Waals surface area contributed by atoms with Gasteiger partial charge in [-0.25, -0.2) is 0 Å². The molecule has 0 bridgehead atoms. The maximum Gasteiger partial charge on any atom is 0.106 e. The lowest BCUT2D eigenvalue weighted by molar-refractivity contribution is 0.530. The van der Waals surface area contributed by atoms with Gasteiger partial charge in [-0.3, -0.25) is 4.68 Å². The fraction of sp³-hybridized carbons (Fsp3) is 0.308. The van der Waals surface area contributed by atoms with Crippen LogP contribution in [-0.2, 0) is 13.0 Å². The van der Waals surface area contributed by atoms with Crippen molar-refractivity contribution in [3.63, 3.8) is 0 Å². The van der Waals surface area contributed by atoms with Crippen molar-refractivity contribution in [2.75, 3.05) is 0 Å². The molecule has 1 aliphatic rings. The molecule has 0 N–H and O–H groups in total. The summed E-state index contributed by atoms with van der Waals surface area (Å²) in [4.78, 5) is 0. The lowest BCUT2D eigenvalue weighted by Crippen LogP contribution is -1.99. The Kier molecular flexibility index (Phi) is 2.50. The maximum atomic E-state index is 4.72. The highest BCUT2D eigenvalue weighted by atomic mass is 127. The average Bonchev–Trinajstić information content (AvgIpc) is 2.79. The van der Waals surface area contributed by atoms with Gasteiger partial charge in [0.25, 0.3) is 0 Å². The minimum atomic E-state index is 0.737. The van der Waals surface area contributed by atoms with E-state index in [1.54, 1.807) is 0 Å². The van der Waals surface area contributed by atoms with E-state index >= 15 is 0 Å². The molecule has 0 spiro atoms. The van der Waals surface area contributed by atoms with Crippen LogP contribution in [0.5, 0.6) is 0 Å². The molecule has 1 aliphatic heterocycles. The summed E-state index contributed by atoms with van der Waals surface area (Å²) in [7, 11) is 0. The molecule has 1 aromatic heterocycles. The Balaban J connectivity index is 2.09. The third-order valence-electron chi connectivity index (χ3n) is 3.07. The third kappa shape index (κ3) is 1.57. The number of hydrogen-bond donors (Lipinski definition) is 0. The zero-order valence-corrected chi connectivity index (χ0v) is 11.3. The van der Waals surface area contributed by atoms with Crippen molar-refractivity contribution in [3.8, 4) is 11.3 Å². The lowest BCUT2D eigenvalue weighted by atomic mass is 10.1. The minimum absolute atomic E-state index is 0.737. The van der Waals surface area contributed by atoms with Crippen LogP contribution in [0.4, 0.5) is 0 Å². The number of nitrogens with zero attached hydrogens (tertiary/aromatic N) is 2. The molecule has 1 atom stereocenters. The van der Waals surface area contributed by atoms with Gasteiger partial charge in [0.05, 0.1) is 9.26 Å². The molecule has 0 amide bonds. The van der Waals surface area contributed by atoms with Gasteiger partial charge >= 0.3 is 0 Å². The minimum Gasteiger partial charge on any atom is -0.268 e. The molecular formula is C13H13IN2. The second-order valence-corrected chi connectivity index (χ2v) is 5.55. The summed E-state index contributed by atoms with van der Waals surface area (Å²) in [5.74, 6) is 0.737. The van der Waals surface area contributed by atoms with Gasteiger partial charge in [-0.1, -0.05) is 37.3 Å². The molecule has 16 heavy (non-hydrogen) atoms. The molecule has 82 valence electrons. The molecule has 2 heterocycles. The first kappa shape index (κ1) is 10.3. The molecular weight excluding hydrogens is 311 g/mol. The summed E-state index contributed by atoms with van der Waals surface area (Å²) in [6.07, 6.45) is 1.16. The van der Waals surface area contributed by atoms with Crippen LogP contribution in [0.1, 0.15) is 12.6 Å². The van der Waals surface area contributed by atoms with E-state index in [1.807, 2.05) is 6.07 Å². The third-order valence-corrected chi connectivity index (χ3v) is 4.20. The SMILES string of the molecule is CC1Cc2c(I)c(-c3ccccc3)nn2C1. The molecule has 3 rings (SSSR count). The summed E-state index contributed by atoms with van der Waals surface area (Å²) < 4.78 is 3.50. The van der Waals surface area contributed by atoms with Crippen molar-refractivity contribution in [3.05, 3.63) is 39.6 Å². The summed E-state index contributed by atoms with van der Waals surface area (Å²) in [6.45, 7) is 3.35. The summed E-state index contributed by atoms with van der Waals surface area (Å²) in [5, 5.41) is 4.72. The normalized spacial score (nSPS) is 18.8. The molecule has 0 aliphatic carbocycles. The van der Waals surface area contributed by atoms with Gasteiger partial charge in [-0.15, -0.1) is 0 Å². The van der Waals surface area contributed by atoms with Crippen LogP contribution in [0.15, 0.2) is 30.3 Å². The van der Waals surface area contributed by atoms with E-state index in [-0.39, 0.29) is 0 Å². The Morgan fingerprint density at radius 1 is 1.31 bits per heavy atom. The van der Waals surface area contributed by atoms with E-state index < -0.39 is 0 Å². The van der Waals surface area contributed by atoms with E-state index in [2.05, 4.69) is 58.5 Å². The second kappa shape index (κ2) is 3.87. The second-order valence-electron chi connectivity index (χ2n) is 4.47. The van der Waals surface area contributed by atoms with Crippen molar-refractivity contribution < 1.29 is 0 Å². The number of rotatable bonds is 1. The predicted molar refractivity (Wildman–Crippen MR) is 73.2 cm³/mol. The summed E-state index contributed by atoms with van der Waals surface area (Å²) >= 11 is 2.43. The molecule has 0 saturated carbocycles. The molecule has 0 fully saturated rings. The smallest absolute Gasteiger partial charge is 0.106 e. The summed E-state index contributed by atoms with van der Waals surface area (Å²) in [6, 6.07) is 10.4. The standard InChI is InChI=1S/C13H13IN2/c1-9-7-11-12(14)13(15-16(11)8-9)10-5-3-2-4-6-10/h2-6,9H,7-8H2,1H3. The van der Waals surface area contributed by atoms with Crippen molar-refractivity contribution in [1.82, 2.24) is 9.78 Å². The quantitative estimate of drug-likeness (QED) is 0.736. The van der Waals surface area contributed by atoms with Crippen LogP contribution in [-0.4, -0.2) is 9.78 Å². The number of aromatic nitrogens is 2. The topological polar surface area (TPSA) is 17.8 Å². The predicted octanol–water partition coefficient (Wildman–Crippen LogP) is 3.35. The van der Waals surface area contributed by atoms with Crippen LogP contribution >= 0.6 is 22.6 Å². The monoisotopic (exact) mass is 324 g/mol.